The maximum atomic E-state index is 11.7. The summed E-state index contributed by atoms with van der Waals surface area (Å²) >= 11 is 4.54. The van der Waals surface area contributed by atoms with Crippen LogP contribution in [0.25, 0.3) is 0 Å². The molecule has 0 bridgehead atoms. The van der Waals surface area contributed by atoms with E-state index in [0.29, 0.717) is 15.2 Å². The van der Waals surface area contributed by atoms with Gasteiger partial charge in [-0.15, -0.1) is 0 Å². The van der Waals surface area contributed by atoms with Gasteiger partial charge in [-0.2, -0.15) is 8.78 Å². The molecule has 0 radical (unpaired) electrons. The second-order valence-corrected chi connectivity index (χ2v) is 6.96. The Kier molecular flexibility index (Phi) is 5.36. The van der Waals surface area contributed by atoms with Crippen LogP contribution in [0.1, 0.15) is 54.2 Å². The van der Waals surface area contributed by atoms with Gasteiger partial charge in [-0.05, 0) is 56.2 Å². The monoisotopic (exact) mass is 381 g/mol. The lowest BCUT2D eigenvalue weighted by Crippen LogP contribution is -2.21. The van der Waals surface area contributed by atoms with E-state index in [-0.39, 0.29) is 0 Å². The van der Waals surface area contributed by atoms with Crippen molar-refractivity contribution >= 4 is 23.9 Å². The lowest BCUT2D eigenvalue weighted by Gasteiger charge is -2.15. The second kappa shape index (κ2) is 7.53. The molecular weight excluding hydrogens is 360 g/mol. The number of fused-ring (bicyclic) bond motifs is 1. The molecule has 2 aliphatic rings. The van der Waals surface area contributed by atoms with E-state index in [4.69, 9.17) is 10.7 Å². The Morgan fingerprint density at radius 2 is 2.19 bits per heavy atom. The molecular formula is C17H21F2N5OS. The van der Waals surface area contributed by atoms with Crippen molar-refractivity contribution in [1.82, 2.24) is 14.8 Å². The number of nitrogens with two attached hydrogens (primary N) is 1. The van der Waals surface area contributed by atoms with Crippen LogP contribution in [0.15, 0.2) is 12.3 Å². The third kappa shape index (κ3) is 4.09. The SMILES string of the molecule is Cc1c(C2CC2)nc2c(c1NC(N)=O)CCC2.FC(F)n1ccc(=S)[nH]1. The summed E-state index contributed by atoms with van der Waals surface area (Å²) in [6.45, 7) is -0.480. The van der Waals surface area contributed by atoms with Crippen molar-refractivity contribution in [2.45, 2.75) is 51.5 Å². The van der Waals surface area contributed by atoms with E-state index in [1.54, 1.807) is 0 Å². The molecule has 4 rings (SSSR count). The number of carbonyl (C=O) groups is 1. The smallest absolute Gasteiger partial charge is 0.331 e. The number of anilines is 1. The molecule has 2 aromatic heterocycles. The lowest BCUT2D eigenvalue weighted by atomic mass is 10.0. The van der Waals surface area contributed by atoms with E-state index in [2.05, 4.69) is 22.6 Å². The molecule has 0 saturated heterocycles. The third-order valence-corrected chi connectivity index (χ3v) is 4.78. The first-order valence-corrected chi connectivity index (χ1v) is 8.91. The molecule has 6 nitrogen and oxygen atoms in total. The number of primary amides is 1. The number of halogens is 2. The molecule has 9 heteroatoms. The predicted octanol–water partition coefficient (Wildman–Crippen LogP) is 4.19. The zero-order valence-electron chi connectivity index (χ0n) is 14.4. The lowest BCUT2D eigenvalue weighted by molar-refractivity contribution is 0.0564. The van der Waals surface area contributed by atoms with Crippen molar-refractivity contribution in [1.29, 1.82) is 0 Å². The Labute approximate surface area is 154 Å². The molecule has 2 aromatic rings. The highest BCUT2D eigenvalue weighted by Crippen LogP contribution is 2.44. The number of nitrogens with one attached hydrogen (secondary N) is 2. The second-order valence-electron chi connectivity index (χ2n) is 6.52. The van der Waals surface area contributed by atoms with Gasteiger partial charge in [0.15, 0.2) is 0 Å². The van der Waals surface area contributed by atoms with Gasteiger partial charge in [0.05, 0.1) is 5.69 Å². The van der Waals surface area contributed by atoms with Gasteiger partial charge in [0.2, 0.25) is 0 Å². The summed E-state index contributed by atoms with van der Waals surface area (Å²) in [4.78, 5) is 15.9. The Morgan fingerprint density at radius 3 is 2.69 bits per heavy atom. The van der Waals surface area contributed by atoms with Crippen LogP contribution in [0.4, 0.5) is 19.3 Å². The van der Waals surface area contributed by atoms with Gasteiger partial charge in [0, 0.05) is 23.5 Å². The van der Waals surface area contributed by atoms with Gasteiger partial charge in [-0.3, -0.25) is 10.1 Å². The molecule has 0 aromatic carbocycles. The van der Waals surface area contributed by atoms with Crippen LogP contribution in [0.2, 0.25) is 0 Å². The van der Waals surface area contributed by atoms with Crippen molar-refractivity contribution in [3.05, 3.63) is 39.4 Å². The summed E-state index contributed by atoms with van der Waals surface area (Å²) in [6.07, 6.45) is 6.81. The normalized spacial score (nSPS) is 15.4. The van der Waals surface area contributed by atoms with Crippen molar-refractivity contribution in [2.24, 2.45) is 5.73 Å². The predicted molar refractivity (Wildman–Crippen MR) is 97.0 cm³/mol. The van der Waals surface area contributed by atoms with Crippen molar-refractivity contribution < 1.29 is 13.6 Å². The van der Waals surface area contributed by atoms with Gasteiger partial charge in [0.25, 0.3) is 0 Å². The van der Waals surface area contributed by atoms with Crippen LogP contribution < -0.4 is 11.1 Å². The molecule has 1 saturated carbocycles. The summed E-state index contributed by atoms with van der Waals surface area (Å²) in [5.74, 6) is 0.606. The number of rotatable bonds is 3. The van der Waals surface area contributed by atoms with Crippen LogP contribution >= 0.6 is 12.2 Å². The number of alkyl halides is 2. The van der Waals surface area contributed by atoms with Crippen molar-refractivity contribution in [3.8, 4) is 0 Å². The van der Waals surface area contributed by atoms with Crippen LogP contribution in [-0.4, -0.2) is 20.8 Å². The molecule has 2 aliphatic carbocycles. The number of H-pyrrole nitrogens is 1. The van der Waals surface area contributed by atoms with Crippen molar-refractivity contribution in [2.75, 3.05) is 5.32 Å². The molecule has 0 aliphatic heterocycles. The summed E-state index contributed by atoms with van der Waals surface area (Å²) in [6, 6.07) is 0.928. The highest BCUT2D eigenvalue weighted by atomic mass is 32.1. The molecule has 0 atom stereocenters. The van der Waals surface area contributed by atoms with Crippen LogP contribution in [-0.2, 0) is 12.8 Å². The maximum Gasteiger partial charge on any atom is 0.331 e. The number of aromatic amines is 1. The van der Waals surface area contributed by atoms with E-state index >= 15 is 0 Å². The van der Waals surface area contributed by atoms with Crippen LogP contribution in [0.3, 0.4) is 0 Å². The zero-order chi connectivity index (χ0) is 18.8. The highest BCUT2D eigenvalue weighted by molar-refractivity contribution is 7.71. The fourth-order valence-corrected chi connectivity index (χ4v) is 3.38. The zero-order valence-corrected chi connectivity index (χ0v) is 15.2. The molecule has 0 unspecified atom stereocenters. The first-order chi connectivity index (χ1) is 12.4. The van der Waals surface area contributed by atoms with Gasteiger partial charge >= 0.3 is 12.6 Å². The van der Waals surface area contributed by atoms with Crippen LogP contribution in [0, 0.1) is 11.6 Å². The average molecular weight is 381 g/mol. The number of nitrogens with zero attached hydrogens (tertiary/aromatic N) is 2. The van der Waals surface area contributed by atoms with E-state index in [0.717, 1.165) is 30.5 Å². The van der Waals surface area contributed by atoms with Crippen LogP contribution in [0.5, 0.6) is 0 Å². The number of hydrogen-bond acceptors (Lipinski definition) is 3. The van der Waals surface area contributed by atoms with E-state index in [1.807, 2.05) is 6.92 Å². The Balaban J connectivity index is 0.000000185. The van der Waals surface area contributed by atoms with Gasteiger partial charge in [0.1, 0.15) is 4.64 Å². The van der Waals surface area contributed by atoms with E-state index < -0.39 is 12.6 Å². The van der Waals surface area contributed by atoms with Crippen molar-refractivity contribution in [3.63, 3.8) is 0 Å². The number of carbonyl (C=O) groups excluding carboxylic acids is 1. The molecule has 0 spiro atoms. The number of amides is 2. The maximum absolute atomic E-state index is 11.7. The fourth-order valence-electron chi connectivity index (χ4n) is 3.21. The number of aryl methyl sites for hydroxylation is 1. The Morgan fingerprint density at radius 1 is 1.46 bits per heavy atom. The van der Waals surface area contributed by atoms with Gasteiger partial charge in [-0.1, -0.05) is 12.2 Å². The average Bonchev–Trinajstić information content (AvgIpc) is 3.14. The summed E-state index contributed by atoms with van der Waals surface area (Å²) < 4.78 is 24.3. The van der Waals surface area contributed by atoms with E-state index in [1.165, 1.54) is 42.1 Å². The molecule has 140 valence electrons. The first-order valence-electron chi connectivity index (χ1n) is 8.50. The molecule has 2 heterocycles. The topological polar surface area (TPSA) is 88.7 Å². The van der Waals surface area contributed by atoms with E-state index in [9.17, 15) is 13.6 Å². The highest BCUT2D eigenvalue weighted by Gasteiger charge is 2.31. The number of hydrogen-bond donors (Lipinski definition) is 3. The fraction of sp³-hybridized carbons (Fsp3) is 0.471. The number of aromatic nitrogens is 3. The molecule has 26 heavy (non-hydrogen) atoms. The van der Waals surface area contributed by atoms with Gasteiger partial charge in [-0.25, -0.2) is 9.48 Å². The minimum Gasteiger partial charge on any atom is -0.351 e. The summed E-state index contributed by atoms with van der Waals surface area (Å²) in [5.41, 5.74) is 10.9. The standard InChI is InChI=1S/C13H17N3O.C4H4F2N2S/c1-7-11(8-5-6-8)15-10-4-2-3-9(10)12(7)16-13(14)17;5-4(6)8-2-1-3(9)7-8/h8H,2-6H2,1H3,(H3,14,15,16,17);1-2,4H,(H,7,9). The minimum absolute atomic E-state index is 0.315. The largest absolute Gasteiger partial charge is 0.351 e. The van der Waals surface area contributed by atoms with Gasteiger partial charge < -0.3 is 11.1 Å². The summed E-state index contributed by atoms with van der Waals surface area (Å²) in [7, 11) is 0. The molecule has 4 N–H and O–H groups in total. The molecule has 2 amide bonds. The third-order valence-electron chi connectivity index (χ3n) is 4.55. The first kappa shape index (κ1) is 18.5. The Hall–Kier alpha value is -2.29. The quantitative estimate of drug-likeness (QED) is 0.697. The minimum atomic E-state index is -2.53. The number of urea groups is 1. The summed E-state index contributed by atoms with van der Waals surface area (Å²) in [5, 5.41) is 5.05. The number of pyridine rings is 1. The Bertz CT molecular complexity index is 873. The molecule has 1 fully saturated rings.